The fraction of sp³-hybridized carbons (Fsp3) is 0.607. The molecule has 0 N–H and O–H groups in total. The largest absolute Gasteiger partial charge is 0.461 e. The molecule has 0 radical (unpaired) electrons. The van der Waals surface area contributed by atoms with E-state index in [-0.39, 0.29) is 41.0 Å². The van der Waals surface area contributed by atoms with Crippen LogP contribution in [-0.2, 0) is 14.3 Å². The van der Waals surface area contributed by atoms with Crippen LogP contribution in [0, 0.1) is 45.3 Å². The van der Waals surface area contributed by atoms with Crippen LogP contribution < -0.4 is 0 Å². The molecule has 34 heavy (non-hydrogen) atoms. The number of Topliss-reactive ketones (excluding diaryl/α,β-unsaturated/α-hetero) is 1. The molecule has 1 heterocycles. The number of fused-ring (bicyclic) bond motifs is 3. The zero-order valence-corrected chi connectivity index (χ0v) is 20.8. The highest BCUT2D eigenvalue weighted by molar-refractivity contribution is 7.11. The standard InChI is InChI=1S/C28H33NO4S/c1-18-19(2)28-10-7-20(18)14-23(28)27(17-32-12-11-29)9-5-8-26(3,22(27)15-24(28)30)16-33-25(31)21-6-4-13-34-21/h4,6,13,20,22-23H,1-2,5,7-10,12,14-17H2,3H3/t20-,22?,23?,26-,27-,28+/m0/s1. The molecule has 180 valence electrons. The van der Waals surface area contributed by atoms with Crippen molar-refractivity contribution in [2.24, 2.45) is 34.0 Å². The van der Waals surface area contributed by atoms with E-state index in [9.17, 15) is 14.9 Å². The van der Waals surface area contributed by atoms with Crippen LogP contribution >= 0.6 is 11.3 Å². The number of esters is 1. The number of ketones is 1. The zero-order chi connectivity index (χ0) is 24.1. The van der Waals surface area contributed by atoms with Crippen LogP contribution in [0.5, 0.6) is 0 Å². The molecule has 0 amide bonds. The maximum Gasteiger partial charge on any atom is 0.348 e. The van der Waals surface area contributed by atoms with Crippen molar-refractivity contribution < 1.29 is 19.1 Å². The van der Waals surface area contributed by atoms with Crippen molar-refractivity contribution in [1.82, 2.24) is 0 Å². The molecular weight excluding hydrogens is 446 g/mol. The molecule has 5 saturated carbocycles. The minimum atomic E-state index is -0.551. The summed E-state index contributed by atoms with van der Waals surface area (Å²) in [7, 11) is 0. The van der Waals surface area contributed by atoms with Gasteiger partial charge in [0.2, 0.25) is 0 Å². The van der Waals surface area contributed by atoms with E-state index in [0.717, 1.165) is 49.7 Å². The van der Waals surface area contributed by atoms with Crippen molar-refractivity contribution >= 4 is 23.1 Å². The monoisotopic (exact) mass is 479 g/mol. The number of nitriles is 1. The van der Waals surface area contributed by atoms with E-state index in [0.29, 0.717) is 30.4 Å². The second kappa shape index (κ2) is 8.46. The van der Waals surface area contributed by atoms with Crippen LogP contribution in [0.25, 0.3) is 0 Å². The van der Waals surface area contributed by atoms with Crippen LogP contribution in [0.1, 0.15) is 61.5 Å². The van der Waals surface area contributed by atoms with Gasteiger partial charge in [0.05, 0.1) is 24.7 Å². The molecule has 0 aliphatic heterocycles. The highest BCUT2D eigenvalue weighted by atomic mass is 32.1. The van der Waals surface area contributed by atoms with E-state index >= 15 is 0 Å². The molecule has 6 atom stereocenters. The number of carbonyl (C=O) groups is 2. The molecule has 1 aromatic heterocycles. The van der Waals surface area contributed by atoms with E-state index in [1.54, 1.807) is 6.07 Å². The van der Waals surface area contributed by atoms with Gasteiger partial charge in [-0.1, -0.05) is 32.6 Å². The molecule has 5 aliphatic carbocycles. The maximum atomic E-state index is 14.0. The molecule has 6 heteroatoms. The van der Waals surface area contributed by atoms with Gasteiger partial charge in [-0.3, -0.25) is 4.79 Å². The van der Waals surface area contributed by atoms with E-state index in [4.69, 9.17) is 9.47 Å². The first-order valence-corrected chi connectivity index (χ1v) is 13.2. The Hall–Kier alpha value is -2.23. The van der Waals surface area contributed by atoms with Gasteiger partial charge < -0.3 is 9.47 Å². The Bertz CT molecular complexity index is 1070. The summed E-state index contributed by atoms with van der Waals surface area (Å²) >= 11 is 1.38. The Balaban J connectivity index is 1.51. The van der Waals surface area contributed by atoms with Gasteiger partial charge in [0.1, 0.15) is 17.3 Å². The number of thiophene rings is 1. The molecule has 1 aromatic rings. The van der Waals surface area contributed by atoms with Crippen molar-refractivity contribution in [3.8, 4) is 6.07 Å². The van der Waals surface area contributed by atoms with Gasteiger partial charge >= 0.3 is 5.97 Å². The first kappa shape index (κ1) is 23.5. The minimum absolute atomic E-state index is 0.0344. The van der Waals surface area contributed by atoms with Gasteiger partial charge in [-0.15, -0.1) is 11.3 Å². The smallest absolute Gasteiger partial charge is 0.348 e. The van der Waals surface area contributed by atoms with E-state index < -0.39 is 5.41 Å². The van der Waals surface area contributed by atoms with Gasteiger partial charge in [0.25, 0.3) is 0 Å². The molecule has 5 aliphatic rings. The summed E-state index contributed by atoms with van der Waals surface area (Å²) in [4.78, 5) is 27.3. The summed E-state index contributed by atoms with van der Waals surface area (Å²) in [5.74, 6) is 0.513. The SMILES string of the molecule is C=C1C(=C)[C@]23CC[C@H]1CC2[C@]1(COCC#N)CCC[C@@](C)(COC(=O)c2cccs2)C1CC3=O. The number of ether oxygens (including phenoxy) is 2. The lowest BCUT2D eigenvalue weighted by Crippen LogP contribution is -2.66. The van der Waals surface area contributed by atoms with Crippen molar-refractivity contribution in [2.75, 3.05) is 19.8 Å². The van der Waals surface area contributed by atoms with Gasteiger partial charge in [-0.2, -0.15) is 5.26 Å². The van der Waals surface area contributed by atoms with Crippen molar-refractivity contribution in [1.29, 1.82) is 5.26 Å². The number of rotatable bonds is 6. The molecule has 0 saturated heterocycles. The molecule has 2 bridgehead atoms. The van der Waals surface area contributed by atoms with Crippen LogP contribution in [0.15, 0.2) is 41.8 Å². The third kappa shape index (κ3) is 3.27. The van der Waals surface area contributed by atoms with Crippen molar-refractivity contribution in [2.45, 2.75) is 51.9 Å². The summed E-state index contributed by atoms with van der Waals surface area (Å²) in [5.41, 5.74) is 0.887. The minimum Gasteiger partial charge on any atom is -0.461 e. The summed E-state index contributed by atoms with van der Waals surface area (Å²) in [5, 5.41) is 11.0. The zero-order valence-electron chi connectivity index (χ0n) is 19.9. The Labute approximate surface area is 205 Å². The summed E-state index contributed by atoms with van der Waals surface area (Å²) in [6.07, 6.45) is 6.06. The Morgan fingerprint density at radius 3 is 2.82 bits per heavy atom. The van der Waals surface area contributed by atoms with Crippen LogP contribution in [0.2, 0.25) is 0 Å². The molecule has 1 spiro atoms. The predicted octanol–water partition coefficient (Wildman–Crippen LogP) is 5.74. The third-order valence-corrected chi connectivity index (χ3v) is 10.6. The Kier molecular flexibility index (Phi) is 5.85. The molecule has 5 nitrogen and oxygen atoms in total. The second-order valence-corrected chi connectivity index (χ2v) is 12.1. The van der Waals surface area contributed by atoms with Crippen LogP contribution in [-0.4, -0.2) is 31.6 Å². The Morgan fingerprint density at radius 2 is 2.09 bits per heavy atom. The molecular formula is C28H33NO4S. The number of allylic oxidation sites excluding steroid dienone is 2. The number of carbonyl (C=O) groups excluding carboxylic acids is 2. The number of hydrogen-bond acceptors (Lipinski definition) is 6. The lowest BCUT2D eigenvalue weighted by Gasteiger charge is -2.68. The van der Waals surface area contributed by atoms with E-state index in [1.807, 2.05) is 11.4 Å². The number of hydrogen-bond donors (Lipinski definition) is 0. The van der Waals surface area contributed by atoms with E-state index in [2.05, 4.69) is 26.2 Å². The fourth-order valence-corrected chi connectivity index (χ4v) is 8.76. The predicted molar refractivity (Wildman–Crippen MR) is 130 cm³/mol. The van der Waals surface area contributed by atoms with E-state index in [1.165, 1.54) is 11.3 Å². The first-order valence-electron chi connectivity index (χ1n) is 12.4. The van der Waals surface area contributed by atoms with Crippen molar-refractivity contribution in [3.05, 3.63) is 46.7 Å². The summed E-state index contributed by atoms with van der Waals surface area (Å²) < 4.78 is 11.8. The normalized spacial score (nSPS) is 38.7. The van der Waals surface area contributed by atoms with Gasteiger partial charge in [-0.05, 0) is 72.5 Å². The molecule has 0 aromatic carbocycles. The first-order chi connectivity index (χ1) is 16.3. The highest BCUT2D eigenvalue weighted by Gasteiger charge is 2.69. The lowest BCUT2D eigenvalue weighted by atomic mass is 9.35. The maximum absolute atomic E-state index is 14.0. The number of nitrogens with zero attached hydrogens (tertiary/aromatic N) is 1. The quantitative estimate of drug-likeness (QED) is 0.384. The molecule has 5 fully saturated rings. The van der Waals surface area contributed by atoms with Gasteiger partial charge in [-0.25, -0.2) is 4.79 Å². The summed E-state index contributed by atoms with van der Waals surface area (Å²) in [6.45, 7) is 11.7. The second-order valence-electron chi connectivity index (χ2n) is 11.1. The lowest BCUT2D eigenvalue weighted by molar-refractivity contribution is -0.196. The average Bonchev–Trinajstić information content (AvgIpc) is 3.37. The van der Waals surface area contributed by atoms with Crippen molar-refractivity contribution in [3.63, 3.8) is 0 Å². The fourth-order valence-electron chi connectivity index (χ4n) is 8.14. The molecule has 2 unspecified atom stereocenters. The Morgan fingerprint density at radius 1 is 1.26 bits per heavy atom. The highest BCUT2D eigenvalue weighted by Crippen LogP contribution is 2.72. The van der Waals surface area contributed by atoms with Gasteiger partial charge in [0, 0.05) is 17.3 Å². The average molecular weight is 480 g/mol. The topological polar surface area (TPSA) is 76.4 Å². The summed E-state index contributed by atoms with van der Waals surface area (Å²) in [6, 6.07) is 5.74. The third-order valence-electron chi connectivity index (χ3n) is 9.72. The molecule has 6 rings (SSSR count). The van der Waals surface area contributed by atoms with Crippen LogP contribution in [0.3, 0.4) is 0 Å². The van der Waals surface area contributed by atoms with Crippen LogP contribution in [0.4, 0.5) is 0 Å². The van der Waals surface area contributed by atoms with Gasteiger partial charge in [0.15, 0.2) is 0 Å².